The molecule has 1 aliphatic rings. The number of nitrogens with one attached hydrogen (secondary N) is 1. The molecule has 0 spiro atoms. The smallest absolute Gasteiger partial charge is 0.261 e. The minimum atomic E-state index is -3.69. The fraction of sp³-hybridized carbons (Fsp3) is 0.316. The summed E-state index contributed by atoms with van der Waals surface area (Å²) in [5.74, 6) is 0.211. The maximum atomic E-state index is 12.8. The Morgan fingerprint density at radius 1 is 1.19 bits per heavy atom. The van der Waals surface area contributed by atoms with Crippen molar-refractivity contribution in [2.45, 2.75) is 24.3 Å². The third-order valence-electron chi connectivity index (χ3n) is 4.67. The van der Waals surface area contributed by atoms with Gasteiger partial charge in [0, 0.05) is 23.8 Å². The fourth-order valence-electron chi connectivity index (χ4n) is 3.29. The van der Waals surface area contributed by atoms with Crippen LogP contribution in [0.5, 0.6) is 0 Å². The number of nitrogens with zero attached hydrogens (tertiary/aromatic N) is 1. The Bertz CT molecular complexity index is 890. The van der Waals surface area contributed by atoms with Crippen molar-refractivity contribution in [2.75, 3.05) is 17.8 Å². The summed E-state index contributed by atoms with van der Waals surface area (Å²) in [6, 6.07) is 14.8. The first-order valence-corrected chi connectivity index (χ1v) is 10.1. The van der Waals surface area contributed by atoms with Crippen molar-refractivity contribution in [3.63, 3.8) is 0 Å². The summed E-state index contributed by atoms with van der Waals surface area (Å²) in [5, 5.41) is 0. The van der Waals surface area contributed by atoms with Gasteiger partial charge in [-0.15, -0.1) is 12.4 Å². The van der Waals surface area contributed by atoms with Crippen LogP contribution in [0.3, 0.4) is 0 Å². The minimum absolute atomic E-state index is 0. The van der Waals surface area contributed by atoms with Crippen LogP contribution in [0.4, 0.5) is 5.69 Å². The number of carbonyl (C=O) groups excluding carboxylic acids is 1. The Morgan fingerprint density at radius 2 is 1.89 bits per heavy atom. The highest BCUT2D eigenvalue weighted by atomic mass is 35.5. The van der Waals surface area contributed by atoms with E-state index in [9.17, 15) is 13.2 Å². The quantitative estimate of drug-likeness (QED) is 0.794. The molecule has 2 unspecified atom stereocenters. The molecular weight excluding hydrogens is 386 g/mol. The molecule has 2 aromatic carbocycles. The average molecular weight is 410 g/mol. The van der Waals surface area contributed by atoms with Crippen LogP contribution in [-0.2, 0) is 10.0 Å². The van der Waals surface area contributed by atoms with E-state index in [0.29, 0.717) is 30.3 Å². The molecule has 6 nitrogen and oxygen atoms in total. The number of benzene rings is 2. The molecule has 2 aromatic rings. The van der Waals surface area contributed by atoms with Gasteiger partial charge < -0.3 is 10.6 Å². The van der Waals surface area contributed by atoms with Gasteiger partial charge in [0.05, 0.1) is 4.90 Å². The van der Waals surface area contributed by atoms with Crippen molar-refractivity contribution in [3.05, 3.63) is 60.2 Å². The van der Waals surface area contributed by atoms with E-state index in [0.717, 1.165) is 6.42 Å². The lowest BCUT2D eigenvalue weighted by atomic mass is 10.1. The summed E-state index contributed by atoms with van der Waals surface area (Å²) < 4.78 is 27.4. The van der Waals surface area contributed by atoms with Crippen molar-refractivity contribution in [2.24, 2.45) is 11.7 Å². The number of hydrogen-bond donors (Lipinski definition) is 2. The summed E-state index contributed by atoms with van der Waals surface area (Å²) in [7, 11) is -3.69. The largest absolute Gasteiger partial charge is 0.336 e. The topological polar surface area (TPSA) is 92.5 Å². The Labute approximate surface area is 166 Å². The third-order valence-corrected chi connectivity index (χ3v) is 6.07. The fourth-order valence-corrected chi connectivity index (χ4v) is 4.36. The van der Waals surface area contributed by atoms with E-state index in [-0.39, 0.29) is 29.3 Å². The van der Waals surface area contributed by atoms with E-state index in [1.54, 1.807) is 42.5 Å². The molecule has 2 atom stereocenters. The predicted molar refractivity (Wildman–Crippen MR) is 109 cm³/mol. The normalized spacial score (nSPS) is 19.4. The molecule has 3 rings (SSSR count). The molecule has 0 aliphatic carbocycles. The monoisotopic (exact) mass is 409 g/mol. The summed E-state index contributed by atoms with van der Waals surface area (Å²) in [6.45, 7) is 3.21. The lowest BCUT2D eigenvalue weighted by molar-refractivity contribution is 0.0743. The van der Waals surface area contributed by atoms with Crippen molar-refractivity contribution in [1.29, 1.82) is 0 Å². The molecule has 0 aromatic heterocycles. The van der Waals surface area contributed by atoms with E-state index in [1.807, 2.05) is 11.8 Å². The van der Waals surface area contributed by atoms with E-state index in [1.165, 1.54) is 12.1 Å². The summed E-state index contributed by atoms with van der Waals surface area (Å²) in [4.78, 5) is 14.8. The lowest BCUT2D eigenvalue weighted by Gasteiger charge is -2.22. The van der Waals surface area contributed by atoms with Crippen LogP contribution in [0.1, 0.15) is 23.7 Å². The second kappa shape index (κ2) is 8.73. The van der Waals surface area contributed by atoms with E-state index < -0.39 is 10.0 Å². The molecule has 0 saturated carbocycles. The van der Waals surface area contributed by atoms with Gasteiger partial charge in [-0.25, -0.2) is 8.42 Å². The third kappa shape index (κ3) is 4.80. The van der Waals surface area contributed by atoms with Crippen LogP contribution in [0, 0.1) is 5.92 Å². The van der Waals surface area contributed by atoms with Crippen LogP contribution in [0.2, 0.25) is 0 Å². The molecule has 0 radical (unpaired) electrons. The first kappa shape index (κ1) is 21.2. The average Bonchev–Trinajstić information content (AvgIpc) is 3.02. The van der Waals surface area contributed by atoms with Gasteiger partial charge in [0.1, 0.15) is 0 Å². The van der Waals surface area contributed by atoms with Crippen LogP contribution in [0.15, 0.2) is 59.5 Å². The maximum absolute atomic E-state index is 12.8. The van der Waals surface area contributed by atoms with Gasteiger partial charge in [0.2, 0.25) is 0 Å². The van der Waals surface area contributed by atoms with Gasteiger partial charge in [-0.2, -0.15) is 0 Å². The summed E-state index contributed by atoms with van der Waals surface area (Å²) >= 11 is 0. The van der Waals surface area contributed by atoms with Gasteiger partial charge in [0.15, 0.2) is 0 Å². The van der Waals surface area contributed by atoms with E-state index in [2.05, 4.69) is 4.72 Å². The van der Waals surface area contributed by atoms with Gasteiger partial charge in [-0.05, 0) is 56.1 Å². The second-order valence-electron chi connectivity index (χ2n) is 6.64. The molecule has 146 valence electrons. The number of nitrogens with two attached hydrogens (primary N) is 1. The SMILES string of the molecule is CC1CC(CN)CN1C(=O)c1cccc(NS(=O)(=O)c2ccccc2)c1.Cl. The zero-order valence-corrected chi connectivity index (χ0v) is 16.7. The first-order valence-electron chi connectivity index (χ1n) is 8.59. The van der Waals surface area contributed by atoms with Crippen LogP contribution >= 0.6 is 12.4 Å². The molecule has 1 fully saturated rings. The predicted octanol–water partition coefficient (Wildman–Crippen LogP) is 2.72. The number of halogens is 1. The van der Waals surface area contributed by atoms with E-state index >= 15 is 0 Å². The van der Waals surface area contributed by atoms with Gasteiger partial charge in [-0.3, -0.25) is 9.52 Å². The molecule has 1 amide bonds. The van der Waals surface area contributed by atoms with Crippen molar-refractivity contribution in [3.8, 4) is 0 Å². The molecule has 1 aliphatic heterocycles. The van der Waals surface area contributed by atoms with E-state index in [4.69, 9.17) is 5.73 Å². The number of carbonyl (C=O) groups is 1. The maximum Gasteiger partial charge on any atom is 0.261 e. The van der Waals surface area contributed by atoms with Crippen LogP contribution < -0.4 is 10.5 Å². The summed E-state index contributed by atoms with van der Waals surface area (Å²) in [6.07, 6.45) is 0.891. The highest BCUT2D eigenvalue weighted by molar-refractivity contribution is 7.92. The lowest BCUT2D eigenvalue weighted by Crippen LogP contribution is -2.34. The Morgan fingerprint density at radius 3 is 2.52 bits per heavy atom. The zero-order valence-electron chi connectivity index (χ0n) is 15.0. The molecule has 8 heteroatoms. The number of likely N-dealkylation sites (tertiary alicyclic amines) is 1. The Balaban J connectivity index is 0.00000261. The highest BCUT2D eigenvalue weighted by Crippen LogP contribution is 2.25. The molecular formula is C19H24ClN3O3S. The Hall–Kier alpha value is -2.09. The van der Waals surface area contributed by atoms with Crippen molar-refractivity contribution < 1.29 is 13.2 Å². The number of rotatable bonds is 5. The van der Waals surface area contributed by atoms with Crippen LogP contribution in [0.25, 0.3) is 0 Å². The number of hydrogen-bond acceptors (Lipinski definition) is 4. The molecule has 27 heavy (non-hydrogen) atoms. The van der Waals surface area contributed by atoms with Gasteiger partial charge >= 0.3 is 0 Å². The number of anilines is 1. The Kier molecular flexibility index (Phi) is 6.86. The molecule has 1 saturated heterocycles. The van der Waals surface area contributed by atoms with Crippen LogP contribution in [-0.4, -0.2) is 38.4 Å². The first-order chi connectivity index (χ1) is 12.4. The molecule has 3 N–H and O–H groups in total. The molecule has 0 bridgehead atoms. The second-order valence-corrected chi connectivity index (χ2v) is 8.33. The van der Waals surface area contributed by atoms with Gasteiger partial charge in [-0.1, -0.05) is 24.3 Å². The standard InChI is InChI=1S/C19H23N3O3S.ClH/c1-14-10-15(12-20)13-22(14)19(23)16-6-5-7-17(11-16)21-26(24,25)18-8-3-2-4-9-18;/h2-9,11,14-15,21H,10,12-13,20H2,1H3;1H. The van der Waals surface area contributed by atoms with Crippen molar-refractivity contribution in [1.82, 2.24) is 4.90 Å². The molecule has 1 heterocycles. The number of sulfonamides is 1. The highest BCUT2D eigenvalue weighted by Gasteiger charge is 2.32. The van der Waals surface area contributed by atoms with Crippen molar-refractivity contribution >= 4 is 34.0 Å². The van der Waals surface area contributed by atoms with Gasteiger partial charge in [0.25, 0.3) is 15.9 Å². The summed E-state index contributed by atoms with van der Waals surface area (Å²) in [5.41, 5.74) is 6.56. The minimum Gasteiger partial charge on any atom is -0.336 e. The number of amides is 1. The zero-order chi connectivity index (χ0) is 18.7.